The van der Waals surface area contributed by atoms with E-state index in [0.29, 0.717) is 37.7 Å². The number of carbonyl (C=O) groups excluding carboxylic acids is 3. The van der Waals surface area contributed by atoms with Crippen molar-refractivity contribution >= 4 is 34.6 Å². The second-order valence-electron chi connectivity index (χ2n) is 19.2. The highest BCUT2D eigenvalue weighted by atomic mass is 32.1. The molecule has 68 heavy (non-hydrogen) atoms. The first-order valence-electron chi connectivity index (χ1n) is 23.1. The van der Waals surface area contributed by atoms with Gasteiger partial charge in [-0.25, -0.2) is 22.5 Å². The van der Waals surface area contributed by atoms with E-state index in [2.05, 4.69) is 15.6 Å². The summed E-state index contributed by atoms with van der Waals surface area (Å²) < 4.78 is 72.8. The smallest absolute Gasteiger partial charge is 0.283 e. The van der Waals surface area contributed by atoms with Crippen LogP contribution in [0.1, 0.15) is 93.8 Å². The lowest BCUT2D eigenvalue weighted by Gasteiger charge is -2.43. The predicted molar refractivity (Wildman–Crippen MR) is 251 cm³/mol. The van der Waals surface area contributed by atoms with Gasteiger partial charge in [-0.15, -0.1) is 11.3 Å². The number of aliphatic hydroxyl groups excluding tert-OH is 2. The fourth-order valence-corrected chi connectivity index (χ4v) is 10.3. The lowest BCUT2D eigenvalue weighted by Crippen LogP contribution is -2.58. The topological polar surface area (TPSA) is 154 Å². The highest BCUT2D eigenvalue weighted by molar-refractivity contribution is 7.13. The Labute approximate surface area is 398 Å². The zero-order chi connectivity index (χ0) is 48.9. The summed E-state index contributed by atoms with van der Waals surface area (Å²) in [4.78, 5) is 48.6. The van der Waals surface area contributed by atoms with E-state index in [1.165, 1.54) is 9.80 Å². The Morgan fingerprint density at radius 1 is 1.00 bits per heavy atom. The van der Waals surface area contributed by atoms with Gasteiger partial charge in [0.05, 0.1) is 41.4 Å². The van der Waals surface area contributed by atoms with Gasteiger partial charge in [0, 0.05) is 49.9 Å². The van der Waals surface area contributed by atoms with Gasteiger partial charge in [0.25, 0.3) is 5.92 Å². The molecule has 366 valence electrons. The molecule has 1 aromatic heterocycles. The van der Waals surface area contributed by atoms with Crippen LogP contribution in [0.5, 0.6) is 5.75 Å². The third-order valence-corrected chi connectivity index (χ3v) is 13.9. The van der Waals surface area contributed by atoms with Crippen molar-refractivity contribution in [2.75, 3.05) is 39.5 Å². The molecule has 0 unspecified atom stereocenters. The van der Waals surface area contributed by atoms with Crippen LogP contribution in [0.3, 0.4) is 0 Å². The zero-order valence-electron chi connectivity index (χ0n) is 39.1. The lowest BCUT2D eigenvalue weighted by atomic mass is 9.84. The van der Waals surface area contributed by atoms with E-state index in [1.54, 1.807) is 44.5 Å². The number of hydrogen-bond acceptors (Lipinski definition) is 10. The van der Waals surface area contributed by atoms with E-state index in [-0.39, 0.29) is 50.6 Å². The molecule has 4 aromatic rings. The number of aromatic nitrogens is 1. The first-order valence-corrected chi connectivity index (χ1v) is 24.0. The number of alkyl halides is 2. The number of ether oxygens (including phenoxy) is 2. The highest BCUT2D eigenvalue weighted by Crippen LogP contribution is 2.50. The Balaban J connectivity index is 0.865. The van der Waals surface area contributed by atoms with E-state index in [4.69, 9.17) is 9.47 Å². The number of aliphatic hydroxyl groups is 2. The molecule has 1 aliphatic carbocycles. The van der Waals surface area contributed by atoms with E-state index in [9.17, 15) is 33.4 Å². The molecule has 0 spiro atoms. The van der Waals surface area contributed by atoms with Gasteiger partial charge >= 0.3 is 0 Å². The third kappa shape index (κ3) is 11.8. The molecular weight excluding hydrogens is 903 g/mol. The number of nitrogens with one attached hydrogen (secondary N) is 2. The largest absolute Gasteiger partial charge is 0.493 e. The number of halogens is 4. The maximum Gasteiger partial charge on any atom is 0.283 e. The van der Waals surface area contributed by atoms with Gasteiger partial charge in [-0.05, 0) is 84.8 Å². The summed E-state index contributed by atoms with van der Waals surface area (Å²) in [6.07, 6.45) is 1.57. The molecule has 1 saturated heterocycles. The number of thiazole rings is 1. The van der Waals surface area contributed by atoms with Gasteiger partial charge in [0.2, 0.25) is 17.7 Å². The fraction of sp³-hybridized carbons (Fsp3) is 0.490. The zero-order valence-corrected chi connectivity index (χ0v) is 39.9. The van der Waals surface area contributed by atoms with E-state index in [1.807, 2.05) is 55.5 Å². The van der Waals surface area contributed by atoms with Crippen LogP contribution >= 0.6 is 11.3 Å². The molecule has 4 N–H and O–H groups in total. The molecule has 1 fully saturated rings. The van der Waals surface area contributed by atoms with Gasteiger partial charge in [-0.2, -0.15) is 0 Å². The maximum absolute atomic E-state index is 16.0. The number of carbonyl (C=O) groups is 3. The van der Waals surface area contributed by atoms with Crippen LogP contribution < -0.4 is 15.4 Å². The monoisotopic (exact) mass is 963 g/mol. The number of aryl methyl sites for hydroxylation is 1. The van der Waals surface area contributed by atoms with E-state index in [0.717, 1.165) is 50.5 Å². The van der Waals surface area contributed by atoms with Crippen LogP contribution in [0.15, 0.2) is 71.7 Å². The summed E-state index contributed by atoms with van der Waals surface area (Å²) in [5, 5.41) is 25.7. The van der Waals surface area contributed by atoms with Crippen molar-refractivity contribution in [2.45, 2.75) is 116 Å². The number of amides is 3. The van der Waals surface area contributed by atoms with Crippen LogP contribution in [0, 0.1) is 24.0 Å². The van der Waals surface area contributed by atoms with Crippen LogP contribution in [0.4, 0.5) is 17.6 Å². The third-order valence-electron chi connectivity index (χ3n) is 13.0. The number of rotatable bonds is 19. The van der Waals surface area contributed by atoms with Gasteiger partial charge < -0.3 is 35.2 Å². The number of fused-ring (bicyclic) bond motifs is 2. The maximum atomic E-state index is 16.0. The average Bonchev–Trinajstić information content (AvgIpc) is 4.02. The van der Waals surface area contributed by atoms with E-state index < -0.39 is 84.1 Å². The average molecular weight is 964 g/mol. The molecule has 17 heteroatoms. The van der Waals surface area contributed by atoms with Crippen molar-refractivity contribution in [1.82, 2.24) is 25.4 Å². The van der Waals surface area contributed by atoms with Crippen molar-refractivity contribution in [2.24, 2.45) is 5.41 Å². The van der Waals surface area contributed by atoms with Crippen molar-refractivity contribution in [3.63, 3.8) is 0 Å². The summed E-state index contributed by atoms with van der Waals surface area (Å²) in [6, 6.07) is 14.0. The van der Waals surface area contributed by atoms with Crippen molar-refractivity contribution < 1.29 is 51.6 Å². The number of nitrogens with zero attached hydrogens (tertiary/aromatic N) is 3. The molecule has 0 radical (unpaired) electrons. The predicted octanol–water partition coefficient (Wildman–Crippen LogP) is 7.54. The summed E-state index contributed by atoms with van der Waals surface area (Å²) in [7, 11) is 0. The first kappa shape index (κ1) is 50.7. The molecule has 0 bridgehead atoms. The van der Waals surface area contributed by atoms with Crippen LogP contribution in [-0.4, -0.2) is 112 Å². The van der Waals surface area contributed by atoms with Crippen molar-refractivity contribution in [3.8, 4) is 16.2 Å². The summed E-state index contributed by atoms with van der Waals surface area (Å²) >= 11 is 1.55. The molecule has 5 atom stereocenters. The first-order chi connectivity index (χ1) is 32.3. The fourth-order valence-electron chi connectivity index (χ4n) is 9.45. The molecule has 3 aromatic carbocycles. The molecule has 0 saturated carbocycles. The molecular formula is C51H61F4N5O7S. The van der Waals surface area contributed by atoms with E-state index >= 15 is 8.78 Å². The SMILES string of the molecule is Cc1ncsc1-c1ccc(CNC(=O)[C@@H]2C[C@@H](O)CN2C(=O)[C@@H](NC(=O)COCCCCCOc2cc(F)c([C@@H]3C4=C(C[C@@H](C)N3CC(F)(F)CO)c3ccccc3C4)c(F)c2)C(C)(C)C)cc1. The van der Waals surface area contributed by atoms with Crippen LogP contribution in [-0.2, 0) is 32.1 Å². The quantitative estimate of drug-likeness (QED) is 0.0552. The van der Waals surface area contributed by atoms with Crippen LogP contribution in [0.25, 0.3) is 16.0 Å². The van der Waals surface area contributed by atoms with Crippen LogP contribution in [0.2, 0.25) is 0 Å². The Bertz CT molecular complexity index is 2450. The number of hydrogen-bond donors (Lipinski definition) is 4. The normalized spacial score (nSPS) is 20.0. The molecule has 7 rings (SSSR count). The summed E-state index contributed by atoms with van der Waals surface area (Å²) in [5.41, 5.74) is 7.05. The molecule has 12 nitrogen and oxygen atoms in total. The molecule has 3 heterocycles. The van der Waals surface area contributed by atoms with Gasteiger partial charge in [-0.1, -0.05) is 69.3 Å². The Kier molecular flexibility index (Phi) is 16.1. The number of likely N-dealkylation sites (tertiary alicyclic amines) is 1. The highest BCUT2D eigenvalue weighted by Gasteiger charge is 2.46. The second kappa shape index (κ2) is 21.6. The Morgan fingerprint density at radius 3 is 2.38 bits per heavy atom. The molecule has 3 aliphatic rings. The van der Waals surface area contributed by atoms with Gasteiger partial charge in [0.15, 0.2) is 0 Å². The van der Waals surface area contributed by atoms with Gasteiger partial charge in [-0.3, -0.25) is 19.3 Å². The van der Waals surface area contributed by atoms with Crippen molar-refractivity contribution in [1.29, 1.82) is 0 Å². The summed E-state index contributed by atoms with van der Waals surface area (Å²) in [5.74, 6) is -6.77. The Morgan fingerprint density at radius 2 is 1.71 bits per heavy atom. The molecule has 3 amide bonds. The minimum atomic E-state index is -3.48. The Hall–Kier alpha value is -5.20. The lowest BCUT2D eigenvalue weighted by molar-refractivity contribution is -0.144. The standard InChI is InChI=1S/C51H61F4N5O7S/c1-30-19-38-37-12-8-7-11-34(37)20-39(38)45(60(30)27-51(54,55)28-61)44-40(52)22-36(23-41(44)53)67-18-10-6-9-17-66-26-43(63)58-47(50(3,4)5)49(65)59-25-35(62)21-42(59)48(64)56-24-32-13-15-33(16-14-32)46-31(2)57-29-68-46/h7-8,11-16,22-23,29-30,35,42,45,47,61-62H,6,9-10,17-21,24-28H2,1-5H3,(H,56,64)(H,58,63)/t30-,35-,42+,45+,47-/m1/s1. The van der Waals surface area contributed by atoms with Crippen molar-refractivity contribution in [3.05, 3.63) is 111 Å². The minimum Gasteiger partial charge on any atom is -0.493 e. The van der Waals surface area contributed by atoms with Gasteiger partial charge in [0.1, 0.15) is 42.7 Å². The summed E-state index contributed by atoms with van der Waals surface area (Å²) in [6.45, 7) is 7.01. The number of benzene rings is 3. The second-order valence-corrected chi connectivity index (χ2v) is 20.0. The number of unbranched alkanes of at least 4 members (excludes halogenated alkanes) is 2. The minimum absolute atomic E-state index is 0.0424. The number of β-amino-alcohol motifs (C(OH)–C–C–N with tert-alkyl or cyclic N) is 1. The molecule has 2 aliphatic heterocycles.